The van der Waals surface area contributed by atoms with Gasteiger partial charge in [0.15, 0.2) is 0 Å². The number of hydrogen-bond donors (Lipinski definition) is 3. The first-order valence-corrected chi connectivity index (χ1v) is 26.6. The van der Waals surface area contributed by atoms with E-state index in [1.54, 1.807) is 12.3 Å². The quantitative estimate of drug-likeness (QED) is 0.0761. The summed E-state index contributed by atoms with van der Waals surface area (Å²) in [7, 11) is -4.69. The first-order valence-electron chi connectivity index (χ1n) is 25.1. The van der Waals surface area contributed by atoms with Gasteiger partial charge in [-0.2, -0.15) is 4.98 Å². The van der Waals surface area contributed by atoms with Crippen molar-refractivity contribution in [2.45, 2.75) is 99.7 Å². The zero-order valence-electron chi connectivity index (χ0n) is 40.5. The largest absolute Gasteiger partial charge is 0.491 e. The molecule has 0 unspecified atom stereocenters. The third-order valence-electron chi connectivity index (χ3n) is 15.6. The van der Waals surface area contributed by atoms with E-state index in [9.17, 15) is 23.3 Å². The number of nitrogens with one attached hydrogen (secondary N) is 3. The summed E-state index contributed by atoms with van der Waals surface area (Å²) < 4.78 is 75.9. The molecule has 0 bridgehead atoms. The number of benzene rings is 3. The Labute approximate surface area is 417 Å². The van der Waals surface area contributed by atoms with Crippen LogP contribution in [0.1, 0.15) is 80.8 Å². The summed E-state index contributed by atoms with van der Waals surface area (Å²) in [6, 6.07) is 21.2. The molecule has 0 radical (unpaired) electrons. The highest BCUT2D eigenvalue weighted by molar-refractivity contribution is 7.90. The Hall–Kier alpha value is -6.06. The molecule has 4 saturated heterocycles. The number of hydrogen-bond acceptors (Lipinski definition) is 15. The third-order valence-corrected chi connectivity index (χ3v) is 16.9. The second-order valence-corrected chi connectivity index (χ2v) is 22.1. The molecule has 2 aromatic heterocycles. The molecule has 1 spiro atoms. The van der Waals surface area contributed by atoms with Gasteiger partial charge in [0.05, 0.1) is 59.1 Å². The van der Waals surface area contributed by atoms with Crippen molar-refractivity contribution in [2.24, 2.45) is 5.41 Å². The molecule has 72 heavy (non-hydrogen) atoms. The number of nitrogens with zero attached hydrogens (tertiary/aromatic N) is 5. The molecule has 6 aliphatic rings. The second kappa shape index (κ2) is 19.4. The Balaban J connectivity index is 0.869. The van der Waals surface area contributed by atoms with E-state index >= 15 is 4.39 Å². The number of ether oxygens (including phenoxy) is 5. The number of anilines is 4. The minimum Gasteiger partial charge on any atom is -0.491 e. The summed E-state index contributed by atoms with van der Waals surface area (Å²) in [6.07, 6.45) is 6.35. The van der Waals surface area contributed by atoms with E-state index in [1.165, 1.54) is 11.6 Å². The van der Waals surface area contributed by atoms with E-state index in [2.05, 4.69) is 43.0 Å². The number of piperidine rings is 1. The van der Waals surface area contributed by atoms with Crippen LogP contribution < -0.4 is 29.3 Å². The molecule has 1 saturated carbocycles. The number of aromatic amines is 1. The molecular weight excluding hydrogens is 948 g/mol. The molecule has 11 rings (SSSR count). The van der Waals surface area contributed by atoms with Crippen molar-refractivity contribution in [1.29, 1.82) is 0 Å². The Bertz CT molecular complexity index is 2950. The summed E-state index contributed by atoms with van der Waals surface area (Å²) in [4.78, 5) is 40.7. The van der Waals surface area contributed by atoms with Gasteiger partial charge in [0.1, 0.15) is 34.5 Å². The molecule has 5 aromatic rings. The first kappa shape index (κ1) is 48.2. The van der Waals surface area contributed by atoms with Crippen LogP contribution in [0, 0.1) is 15.5 Å². The fourth-order valence-electron chi connectivity index (χ4n) is 11.7. The average molecular weight is 1010 g/mol. The predicted molar refractivity (Wildman–Crippen MR) is 268 cm³/mol. The molecule has 1 amide bonds. The summed E-state index contributed by atoms with van der Waals surface area (Å²) >= 11 is 0. The first-order chi connectivity index (χ1) is 34.8. The molecule has 18 nitrogen and oxygen atoms in total. The van der Waals surface area contributed by atoms with Crippen molar-refractivity contribution in [3.05, 3.63) is 100 Å². The minimum absolute atomic E-state index is 0.0467. The van der Waals surface area contributed by atoms with Crippen LogP contribution >= 0.6 is 0 Å². The van der Waals surface area contributed by atoms with Gasteiger partial charge in [-0.05, 0) is 99.9 Å². The third kappa shape index (κ3) is 9.42. The maximum Gasteiger partial charge on any atom is 0.293 e. The number of carbonyl (C=O) groups is 1. The van der Waals surface area contributed by atoms with Crippen molar-refractivity contribution in [1.82, 2.24) is 19.6 Å². The number of alkyl halides is 1. The van der Waals surface area contributed by atoms with Crippen molar-refractivity contribution >= 4 is 55.4 Å². The lowest BCUT2D eigenvalue weighted by Gasteiger charge is -2.57. The lowest BCUT2D eigenvalue weighted by molar-refractivity contribution is -0.384. The van der Waals surface area contributed by atoms with Crippen LogP contribution in [0.15, 0.2) is 83.9 Å². The van der Waals surface area contributed by atoms with E-state index in [4.69, 9.17) is 28.7 Å². The fourth-order valence-corrected chi connectivity index (χ4v) is 12.7. The highest BCUT2D eigenvalue weighted by Gasteiger charge is 2.50. The minimum atomic E-state index is -4.69. The van der Waals surface area contributed by atoms with Crippen LogP contribution in [0.5, 0.6) is 11.6 Å². The number of para-hydroxylation sites is 1. The Morgan fingerprint density at radius 2 is 1.74 bits per heavy atom. The zero-order chi connectivity index (χ0) is 49.8. The molecule has 3 N–H and O–H groups in total. The maximum atomic E-state index is 15.4. The second-order valence-electron chi connectivity index (χ2n) is 20.5. The fraction of sp³-hybridized carbons (Fsp3) is 0.500. The van der Waals surface area contributed by atoms with E-state index < -0.39 is 43.2 Å². The number of H-pyrrole nitrogens is 1. The molecular formula is C52H61FN8O10S. The smallest absolute Gasteiger partial charge is 0.293 e. The van der Waals surface area contributed by atoms with Crippen molar-refractivity contribution < 1.29 is 46.2 Å². The SMILES string of the molecule is CC(C)Oc1ccccc1[C@@H]1COCCN1C1CC2(CCN(c3ccc(C(=O)NS(=O)(=O)c4ccc(NCC5(F)CCOCC5)c([N+](=O)[O-])c4)c(N4c5cc6cc[nH]c6nc5O[C@H]5COCC[C@@H]54)c3)CC2)C1. The van der Waals surface area contributed by atoms with E-state index in [-0.39, 0.29) is 74.1 Å². The van der Waals surface area contributed by atoms with Crippen LogP contribution in [0.25, 0.3) is 11.0 Å². The number of amides is 1. The lowest BCUT2D eigenvalue weighted by Crippen LogP contribution is -2.57. The average Bonchev–Trinajstić information content (AvgIpc) is 3.83. The van der Waals surface area contributed by atoms with Gasteiger partial charge in [0, 0.05) is 93.8 Å². The van der Waals surface area contributed by atoms with Crippen LogP contribution in [0.3, 0.4) is 0 Å². The van der Waals surface area contributed by atoms with Gasteiger partial charge >= 0.3 is 0 Å². The van der Waals surface area contributed by atoms with Crippen molar-refractivity contribution in [3.63, 3.8) is 0 Å². The van der Waals surface area contributed by atoms with Crippen LogP contribution in [0.2, 0.25) is 0 Å². The normalized spacial score (nSPS) is 23.2. The monoisotopic (exact) mass is 1010 g/mol. The van der Waals surface area contributed by atoms with Crippen LogP contribution in [0.4, 0.5) is 32.8 Å². The summed E-state index contributed by atoms with van der Waals surface area (Å²) in [5.41, 5.74) is 1.76. The molecule has 3 aromatic carbocycles. The molecule has 20 heteroatoms. The lowest BCUT2D eigenvalue weighted by atomic mass is 9.59. The number of fused-ring (bicyclic) bond motifs is 3. The number of sulfonamides is 1. The highest BCUT2D eigenvalue weighted by Crippen LogP contribution is 2.54. The van der Waals surface area contributed by atoms with E-state index in [1.807, 2.05) is 49.1 Å². The number of pyridine rings is 1. The summed E-state index contributed by atoms with van der Waals surface area (Å²) in [5.74, 6) is 0.327. The predicted octanol–water partition coefficient (Wildman–Crippen LogP) is 7.82. The topological polar surface area (TPSA) is 203 Å². The molecule has 7 heterocycles. The van der Waals surface area contributed by atoms with Crippen molar-refractivity contribution in [3.8, 4) is 11.6 Å². The Morgan fingerprint density at radius 1 is 0.944 bits per heavy atom. The highest BCUT2D eigenvalue weighted by atomic mass is 32.2. The summed E-state index contributed by atoms with van der Waals surface area (Å²) in [5, 5.41) is 15.9. The number of rotatable bonds is 13. The van der Waals surface area contributed by atoms with Crippen LogP contribution in [-0.4, -0.2) is 130 Å². The van der Waals surface area contributed by atoms with Gasteiger partial charge in [0.25, 0.3) is 21.6 Å². The number of carbonyl (C=O) groups excluding carboxylic acids is 1. The molecule has 5 fully saturated rings. The standard InChI is InChI=1S/C52H61FN8O10S/c1-33(2)70-46-6-4-3-5-38(46)45-30-69-24-20-59(45)36-28-51(29-36)13-18-58(19-14-51)35-7-9-39(42(26-35)60-41-12-21-68-31-47(41)71-50-44(60)25-34-11-17-54-48(34)56-50)49(62)57-72(65,66)37-8-10-40(43(27-37)61(63)64)55-32-52(53)15-22-67-23-16-52/h3-11,17,25-27,33,36,41,45,47,55H,12-16,18-24,28-32H2,1-2H3,(H,54,56)(H,57,62)/t41-,45-,47-/m0/s1. The number of aromatic nitrogens is 2. The molecule has 382 valence electrons. The zero-order valence-corrected chi connectivity index (χ0v) is 41.3. The number of halogens is 1. The maximum absolute atomic E-state index is 15.4. The van der Waals surface area contributed by atoms with Gasteiger partial charge in [-0.15, -0.1) is 0 Å². The Kier molecular flexibility index (Phi) is 13.0. The Morgan fingerprint density at radius 3 is 2.53 bits per heavy atom. The molecule has 1 aliphatic carbocycles. The number of nitro groups is 1. The molecule has 3 atom stereocenters. The molecule has 5 aliphatic heterocycles. The van der Waals surface area contributed by atoms with Crippen LogP contribution in [-0.2, 0) is 24.2 Å². The van der Waals surface area contributed by atoms with E-state index in [0.29, 0.717) is 55.2 Å². The van der Waals surface area contributed by atoms with E-state index in [0.717, 1.165) is 74.3 Å². The van der Waals surface area contributed by atoms with Gasteiger partial charge in [-0.3, -0.25) is 19.8 Å². The van der Waals surface area contributed by atoms with Gasteiger partial charge in [0.2, 0.25) is 5.88 Å². The number of morpholine rings is 1. The van der Waals surface area contributed by atoms with Gasteiger partial charge in [-0.25, -0.2) is 17.5 Å². The number of nitro benzene ring substituents is 1. The van der Waals surface area contributed by atoms with Gasteiger partial charge in [-0.1, -0.05) is 18.2 Å². The van der Waals surface area contributed by atoms with Gasteiger partial charge < -0.3 is 43.8 Å². The summed E-state index contributed by atoms with van der Waals surface area (Å²) in [6.45, 7) is 8.83. The van der Waals surface area contributed by atoms with Crippen molar-refractivity contribution in [2.75, 3.05) is 80.9 Å².